The van der Waals surface area contributed by atoms with Gasteiger partial charge in [0.15, 0.2) is 0 Å². The van der Waals surface area contributed by atoms with Gasteiger partial charge in [0.25, 0.3) is 0 Å². The van der Waals surface area contributed by atoms with Crippen molar-refractivity contribution < 1.29 is 29.0 Å². The summed E-state index contributed by atoms with van der Waals surface area (Å²) in [6.07, 6.45) is 6.57. The standard InChI is InChI=1S/C23H35N3O6.2ClH/c1-2-31-23(30)17(11-7-5-3-4-6-10-14-24)25-18-16-32-20-13-9-8-12-19(20)26(22(18)29)15-21(27)28;;/h8-9,12-13,17-18,25H,2-7,10-11,14-16,24H2,1H3,(H,27,28);2*1H/t17-,18-;;/m0../s1. The Morgan fingerprint density at radius 2 is 1.82 bits per heavy atom. The maximum absolute atomic E-state index is 13.2. The summed E-state index contributed by atoms with van der Waals surface area (Å²) in [6.45, 7) is 2.17. The fraction of sp³-hybridized carbons (Fsp3) is 0.609. The highest BCUT2D eigenvalue weighted by Crippen LogP contribution is 2.31. The molecule has 1 heterocycles. The molecule has 0 unspecified atom stereocenters. The molecule has 0 saturated carbocycles. The zero-order valence-electron chi connectivity index (χ0n) is 19.6. The van der Waals surface area contributed by atoms with Crippen LogP contribution in [0.5, 0.6) is 5.75 Å². The molecule has 11 heteroatoms. The average Bonchev–Trinajstić information content (AvgIpc) is 2.89. The number of fused-ring (bicyclic) bond motifs is 1. The molecule has 0 aliphatic carbocycles. The van der Waals surface area contributed by atoms with Gasteiger partial charge in [-0.3, -0.25) is 24.6 Å². The van der Waals surface area contributed by atoms with Gasteiger partial charge in [0.05, 0.1) is 12.3 Å². The molecule has 0 fully saturated rings. The highest BCUT2D eigenvalue weighted by atomic mass is 35.5. The smallest absolute Gasteiger partial charge is 0.323 e. The first-order chi connectivity index (χ1) is 15.5. The molecule has 2 rings (SSSR count). The van der Waals surface area contributed by atoms with Crippen molar-refractivity contribution in [2.24, 2.45) is 5.73 Å². The minimum absolute atomic E-state index is 0. The molecular formula is C23H37Cl2N3O6. The van der Waals surface area contributed by atoms with Crippen molar-refractivity contribution in [3.63, 3.8) is 0 Å². The summed E-state index contributed by atoms with van der Waals surface area (Å²) in [5.41, 5.74) is 5.91. The van der Waals surface area contributed by atoms with E-state index in [9.17, 15) is 19.5 Å². The normalized spacial score (nSPS) is 15.6. The number of nitrogens with zero attached hydrogens (tertiary/aromatic N) is 1. The van der Waals surface area contributed by atoms with Crippen LogP contribution in [0.1, 0.15) is 51.9 Å². The molecule has 0 spiro atoms. The number of carbonyl (C=O) groups excluding carboxylic acids is 2. The maximum Gasteiger partial charge on any atom is 0.323 e. The Labute approximate surface area is 213 Å². The fourth-order valence-corrected chi connectivity index (χ4v) is 3.73. The Balaban J connectivity index is 0.00000544. The van der Waals surface area contributed by atoms with Crippen LogP contribution in [0, 0.1) is 0 Å². The number of aliphatic carboxylic acids is 1. The zero-order chi connectivity index (χ0) is 23.3. The van der Waals surface area contributed by atoms with Gasteiger partial charge in [-0.1, -0.05) is 44.2 Å². The lowest BCUT2D eigenvalue weighted by Crippen LogP contribution is -2.54. The van der Waals surface area contributed by atoms with Crippen LogP contribution in [0.3, 0.4) is 0 Å². The summed E-state index contributed by atoms with van der Waals surface area (Å²) < 4.78 is 11.0. The van der Waals surface area contributed by atoms with Gasteiger partial charge < -0.3 is 20.3 Å². The van der Waals surface area contributed by atoms with E-state index in [0.717, 1.165) is 38.5 Å². The van der Waals surface area contributed by atoms with Gasteiger partial charge >= 0.3 is 11.9 Å². The highest BCUT2D eigenvalue weighted by Gasteiger charge is 2.35. The third-order valence-electron chi connectivity index (χ3n) is 5.34. The first-order valence-corrected chi connectivity index (χ1v) is 11.4. The van der Waals surface area contributed by atoms with Crippen molar-refractivity contribution in [1.29, 1.82) is 0 Å². The molecule has 1 aromatic rings. The fourth-order valence-electron chi connectivity index (χ4n) is 3.73. The first kappa shape index (κ1) is 31.9. The number of anilines is 1. The molecule has 0 saturated heterocycles. The second kappa shape index (κ2) is 17.4. The zero-order valence-corrected chi connectivity index (χ0v) is 21.2. The summed E-state index contributed by atoms with van der Waals surface area (Å²) in [5, 5.41) is 12.4. The van der Waals surface area contributed by atoms with Crippen LogP contribution in [0.2, 0.25) is 0 Å². The molecule has 1 aromatic carbocycles. The Morgan fingerprint density at radius 3 is 2.47 bits per heavy atom. The van der Waals surface area contributed by atoms with Crippen LogP contribution in [0.15, 0.2) is 24.3 Å². The van der Waals surface area contributed by atoms with Crippen LogP contribution in [-0.2, 0) is 19.1 Å². The van der Waals surface area contributed by atoms with Gasteiger partial charge in [0.1, 0.15) is 31.0 Å². The van der Waals surface area contributed by atoms with Gasteiger partial charge in [-0.15, -0.1) is 24.8 Å². The number of hydrogen-bond donors (Lipinski definition) is 3. The minimum Gasteiger partial charge on any atom is -0.489 e. The molecule has 1 aliphatic heterocycles. The second-order valence-electron chi connectivity index (χ2n) is 7.82. The summed E-state index contributed by atoms with van der Waals surface area (Å²) in [4.78, 5) is 38.3. The molecule has 0 bridgehead atoms. The summed E-state index contributed by atoms with van der Waals surface area (Å²) in [5.74, 6) is -1.58. The lowest BCUT2D eigenvalue weighted by atomic mass is 10.0. The van der Waals surface area contributed by atoms with Crippen LogP contribution < -0.4 is 20.7 Å². The van der Waals surface area contributed by atoms with Crippen molar-refractivity contribution in [3.05, 3.63) is 24.3 Å². The van der Waals surface area contributed by atoms with E-state index in [2.05, 4.69) is 5.32 Å². The third-order valence-corrected chi connectivity index (χ3v) is 5.34. The number of carbonyl (C=O) groups is 3. The van der Waals surface area contributed by atoms with E-state index in [4.69, 9.17) is 15.2 Å². The number of halogens is 2. The van der Waals surface area contributed by atoms with Crippen LogP contribution in [0.25, 0.3) is 0 Å². The van der Waals surface area contributed by atoms with Crippen LogP contribution in [-0.4, -0.2) is 61.3 Å². The molecule has 34 heavy (non-hydrogen) atoms. The molecule has 1 aliphatic rings. The van der Waals surface area contributed by atoms with E-state index < -0.39 is 36.5 Å². The third kappa shape index (κ3) is 10.0. The van der Waals surface area contributed by atoms with Crippen molar-refractivity contribution >= 4 is 48.3 Å². The van der Waals surface area contributed by atoms with Crippen molar-refractivity contribution in [3.8, 4) is 5.75 Å². The number of hydrogen-bond acceptors (Lipinski definition) is 7. The number of ether oxygens (including phenoxy) is 2. The van der Waals surface area contributed by atoms with E-state index in [1.165, 1.54) is 4.90 Å². The Kier molecular flexibility index (Phi) is 16.3. The van der Waals surface area contributed by atoms with Crippen LogP contribution in [0.4, 0.5) is 5.69 Å². The lowest BCUT2D eigenvalue weighted by Gasteiger charge is -2.26. The molecule has 9 nitrogen and oxygen atoms in total. The predicted molar refractivity (Wildman–Crippen MR) is 135 cm³/mol. The monoisotopic (exact) mass is 521 g/mol. The molecule has 0 radical (unpaired) electrons. The van der Waals surface area contributed by atoms with E-state index >= 15 is 0 Å². The summed E-state index contributed by atoms with van der Waals surface area (Å²) in [6, 6.07) is 5.25. The highest BCUT2D eigenvalue weighted by molar-refractivity contribution is 6.02. The number of para-hydroxylation sites is 2. The first-order valence-electron chi connectivity index (χ1n) is 11.4. The molecule has 1 amide bonds. The number of nitrogens with two attached hydrogens (primary N) is 1. The second-order valence-corrected chi connectivity index (χ2v) is 7.82. The molecule has 4 N–H and O–H groups in total. The van der Waals surface area contributed by atoms with Gasteiger partial charge in [0, 0.05) is 0 Å². The molecule has 2 atom stereocenters. The van der Waals surface area contributed by atoms with Crippen molar-refractivity contribution in [2.45, 2.75) is 64.0 Å². The number of amides is 1. The number of rotatable bonds is 14. The quantitative estimate of drug-likeness (QED) is 0.251. The average molecular weight is 522 g/mol. The van der Waals surface area contributed by atoms with Gasteiger partial charge in [-0.05, 0) is 38.4 Å². The predicted octanol–water partition coefficient (Wildman–Crippen LogP) is 2.92. The summed E-state index contributed by atoms with van der Waals surface area (Å²) >= 11 is 0. The van der Waals surface area contributed by atoms with E-state index in [1.807, 2.05) is 0 Å². The Bertz CT molecular complexity index is 768. The number of unbranched alkanes of at least 4 members (excludes halogenated alkanes) is 5. The molecule has 194 valence electrons. The Morgan fingerprint density at radius 1 is 1.18 bits per heavy atom. The SMILES string of the molecule is CCOC(=O)[C@H](CCCCCCCCN)N[C@H]1COc2ccccc2N(CC(=O)O)C1=O.Cl.Cl. The lowest BCUT2D eigenvalue weighted by molar-refractivity contribution is -0.146. The molecule has 0 aromatic heterocycles. The number of nitrogens with one attached hydrogen (secondary N) is 1. The Hall–Kier alpha value is -2.07. The van der Waals surface area contributed by atoms with E-state index in [1.54, 1.807) is 31.2 Å². The van der Waals surface area contributed by atoms with E-state index in [-0.39, 0.29) is 38.0 Å². The largest absolute Gasteiger partial charge is 0.489 e. The van der Waals surface area contributed by atoms with Crippen molar-refractivity contribution in [2.75, 3.05) is 31.2 Å². The van der Waals surface area contributed by atoms with Gasteiger partial charge in [0.2, 0.25) is 5.91 Å². The number of carboxylic acid groups (broad SMARTS) is 1. The summed E-state index contributed by atoms with van der Waals surface area (Å²) in [7, 11) is 0. The van der Waals surface area contributed by atoms with E-state index in [0.29, 0.717) is 24.4 Å². The minimum atomic E-state index is -1.13. The number of carboxylic acids is 1. The van der Waals surface area contributed by atoms with Crippen LogP contribution >= 0.6 is 24.8 Å². The topological polar surface area (TPSA) is 131 Å². The van der Waals surface area contributed by atoms with Gasteiger partial charge in [-0.2, -0.15) is 0 Å². The maximum atomic E-state index is 13.2. The van der Waals surface area contributed by atoms with Crippen molar-refractivity contribution in [1.82, 2.24) is 5.32 Å². The molecular weight excluding hydrogens is 485 g/mol. The number of benzene rings is 1. The number of esters is 1. The van der Waals surface area contributed by atoms with Gasteiger partial charge in [-0.25, -0.2) is 0 Å².